The Hall–Kier alpha value is -1.22. The molecule has 0 bridgehead atoms. The zero-order valence-electron chi connectivity index (χ0n) is 12.3. The van der Waals surface area contributed by atoms with Gasteiger partial charge in [-0.05, 0) is 25.0 Å². The zero-order valence-corrected chi connectivity index (χ0v) is 14.6. The van der Waals surface area contributed by atoms with Gasteiger partial charge in [-0.3, -0.25) is 4.99 Å². The minimum Gasteiger partial charge on any atom is -0.493 e. The zero-order chi connectivity index (χ0) is 14.6. The molecular weight excluding hydrogens is 385 g/mol. The van der Waals surface area contributed by atoms with Gasteiger partial charge in [0.05, 0.1) is 27.4 Å². The third kappa shape index (κ3) is 4.63. The van der Waals surface area contributed by atoms with Gasteiger partial charge >= 0.3 is 0 Å². The molecule has 1 aromatic rings. The topological polar surface area (TPSA) is 89.1 Å². The van der Waals surface area contributed by atoms with Crippen LogP contribution in [0.1, 0.15) is 12.8 Å². The number of anilines is 1. The van der Waals surface area contributed by atoms with Gasteiger partial charge in [-0.2, -0.15) is 0 Å². The number of nitrogens with two attached hydrogens (primary N) is 1. The molecule has 7 heteroatoms. The number of ether oxygens (including phenoxy) is 2. The monoisotopic (exact) mass is 407 g/mol. The van der Waals surface area contributed by atoms with E-state index in [0.717, 1.165) is 18.5 Å². The number of aliphatic hydroxyl groups excluding tert-OH is 1. The Morgan fingerprint density at radius 1 is 1.33 bits per heavy atom. The first-order valence-electron chi connectivity index (χ1n) is 6.52. The number of benzene rings is 1. The lowest BCUT2D eigenvalue weighted by atomic mass is 10.1. The molecule has 0 heterocycles. The van der Waals surface area contributed by atoms with E-state index in [2.05, 4.69) is 10.3 Å². The van der Waals surface area contributed by atoms with Crippen LogP contribution in [0.2, 0.25) is 0 Å². The second-order valence-corrected chi connectivity index (χ2v) is 5.05. The van der Waals surface area contributed by atoms with Gasteiger partial charge in [0.15, 0.2) is 17.5 Å². The molecule has 0 amide bonds. The van der Waals surface area contributed by atoms with Gasteiger partial charge in [0, 0.05) is 17.2 Å². The molecule has 0 aromatic heterocycles. The van der Waals surface area contributed by atoms with E-state index in [1.54, 1.807) is 26.4 Å². The van der Waals surface area contributed by atoms with Crippen molar-refractivity contribution in [3.8, 4) is 11.5 Å². The molecule has 1 aromatic carbocycles. The van der Waals surface area contributed by atoms with Crippen molar-refractivity contribution in [1.29, 1.82) is 0 Å². The van der Waals surface area contributed by atoms with E-state index in [1.807, 2.05) is 6.07 Å². The van der Waals surface area contributed by atoms with E-state index in [0.29, 0.717) is 24.0 Å². The van der Waals surface area contributed by atoms with Crippen LogP contribution in [0.4, 0.5) is 5.69 Å². The summed E-state index contributed by atoms with van der Waals surface area (Å²) in [6.45, 7) is 0.718. The van der Waals surface area contributed by atoms with Crippen LogP contribution in [0.3, 0.4) is 0 Å². The van der Waals surface area contributed by atoms with E-state index in [-0.39, 0.29) is 36.0 Å². The maximum Gasteiger partial charge on any atom is 0.193 e. The predicted octanol–water partition coefficient (Wildman–Crippen LogP) is 1.82. The number of methoxy groups -OCH3 is 2. The normalized spacial score (nSPS) is 15.9. The Balaban J connectivity index is 0.00000220. The summed E-state index contributed by atoms with van der Waals surface area (Å²) in [5.74, 6) is 1.61. The number of guanidine groups is 1. The van der Waals surface area contributed by atoms with Gasteiger partial charge in [0.1, 0.15) is 0 Å². The smallest absolute Gasteiger partial charge is 0.193 e. The van der Waals surface area contributed by atoms with E-state index in [1.165, 1.54) is 0 Å². The molecule has 6 nitrogen and oxygen atoms in total. The molecule has 1 fully saturated rings. The second kappa shape index (κ2) is 7.69. The molecule has 2 rings (SSSR count). The molecule has 118 valence electrons. The van der Waals surface area contributed by atoms with Crippen molar-refractivity contribution in [1.82, 2.24) is 0 Å². The minimum absolute atomic E-state index is 0. The predicted molar refractivity (Wildman–Crippen MR) is 93.8 cm³/mol. The quantitative estimate of drug-likeness (QED) is 0.380. The lowest BCUT2D eigenvalue weighted by Crippen LogP contribution is -2.24. The molecule has 21 heavy (non-hydrogen) atoms. The summed E-state index contributed by atoms with van der Waals surface area (Å²) >= 11 is 0. The van der Waals surface area contributed by atoms with Crippen molar-refractivity contribution in [2.45, 2.75) is 12.8 Å². The van der Waals surface area contributed by atoms with Gasteiger partial charge in [-0.25, -0.2) is 0 Å². The van der Waals surface area contributed by atoms with Gasteiger partial charge in [-0.1, -0.05) is 0 Å². The van der Waals surface area contributed by atoms with Gasteiger partial charge in [0.2, 0.25) is 0 Å². The van der Waals surface area contributed by atoms with Crippen molar-refractivity contribution in [2.24, 2.45) is 16.1 Å². The van der Waals surface area contributed by atoms with E-state index < -0.39 is 0 Å². The number of aliphatic hydroxyl groups is 1. The van der Waals surface area contributed by atoms with Crippen LogP contribution in [0.25, 0.3) is 0 Å². The number of nitrogens with one attached hydrogen (secondary N) is 1. The van der Waals surface area contributed by atoms with Crippen LogP contribution in [0.5, 0.6) is 11.5 Å². The largest absolute Gasteiger partial charge is 0.493 e. The van der Waals surface area contributed by atoms with Gasteiger partial charge in [-0.15, -0.1) is 24.0 Å². The number of rotatable bonds is 6. The Morgan fingerprint density at radius 3 is 2.52 bits per heavy atom. The summed E-state index contributed by atoms with van der Waals surface area (Å²) in [5.41, 5.74) is 6.58. The van der Waals surface area contributed by atoms with Crippen LogP contribution < -0.4 is 20.5 Å². The third-order valence-corrected chi connectivity index (χ3v) is 3.53. The minimum atomic E-state index is -0.0378. The van der Waals surface area contributed by atoms with E-state index in [4.69, 9.17) is 15.2 Å². The number of halogens is 1. The maximum absolute atomic E-state index is 9.22. The Morgan fingerprint density at radius 2 is 2.00 bits per heavy atom. The summed E-state index contributed by atoms with van der Waals surface area (Å²) in [7, 11) is 3.17. The van der Waals surface area contributed by atoms with Crippen molar-refractivity contribution >= 4 is 35.6 Å². The average Bonchev–Trinajstić information content (AvgIpc) is 3.25. The number of hydrogen-bond acceptors (Lipinski definition) is 4. The number of aliphatic imine (C=N–C) groups is 1. The highest BCUT2D eigenvalue weighted by atomic mass is 127. The fourth-order valence-corrected chi connectivity index (χ4v) is 1.90. The molecule has 0 saturated heterocycles. The molecule has 0 unspecified atom stereocenters. The first-order chi connectivity index (χ1) is 9.62. The van der Waals surface area contributed by atoms with Gasteiger partial charge in [0.25, 0.3) is 0 Å². The number of nitrogens with zero attached hydrogens (tertiary/aromatic N) is 1. The highest BCUT2D eigenvalue weighted by Gasteiger charge is 2.41. The second-order valence-electron chi connectivity index (χ2n) is 5.05. The van der Waals surface area contributed by atoms with Crippen LogP contribution in [0.15, 0.2) is 23.2 Å². The van der Waals surface area contributed by atoms with E-state index in [9.17, 15) is 5.11 Å². The Labute approximate surface area is 141 Å². The Bertz CT molecular complexity index is 504. The molecule has 1 saturated carbocycles. The molecule has 0 radical (unpaired) electrons. The Kier molecular flexibility index (Phi) is 6.53. The standard InChI is InChI=1S/C14H21N3O3.HI/c1-19-11-4-3-10(7-12(11)20-2)17-13(15)16-8-14(9-18)5-6-14;/h3-4,7,18H,5-6,8-9H2,1-2H3,(H3,15,16,17);1H. The molecule has 0 aliphatic heterocycles. The lowest BCUT2D eigenvalue weighted by Gasteiger charge is -2.12. The molecule has 1 aliphatic carbocycles. The van der Waals surface area contributed by atoms with Crippen LogP contribution >= 0.6 is 24.0 Å². The average molecular weight is 407 g/mol. The molecular formula is C14H22IN3O3. The summed E-state index contributed by atoms with van der Waals surface area (Å²) in [6.07, 6.45) is 2.02. The summed E-state index contributed by atoms with van der Waals surface area (Å²) in [4.78, 5) is 4.27. The van der Waals surface area contributed by atoms with E-state index >= 15 is 0 Å². The summed E-state index contributed by atoms with van der Waals surface area (Å²) < 4.78 is 10.4. The first-order valence-corrected chi connectivity index (χ1v) is 6.52. The van der Waals surface area contributed by atoms with Crippen LogP contribution in [0, 0.1) is 5.41 Å². The molecule has 4 N–H and O–H groups in total. The maximum atomic E-state index is 9.22. The summed E-state index contributed by atoms with van der Waals surface area (Å²) in [5, 5.41) is 12.2. The third-order valence-electron chi connectivity index (χ3n) is 3.53. The van der Waals surface area contributed by atoms with Crippen LogP contribution in [-0.2, 0) is 0 Å². The lowest BCUT2D eigenvalue weighted by molar-refractivity contribution is 0.217. The molecule has 0 spiro atoms. The highest BCUT2D eigenvalue weighted by molar-refractivity contribution is 14.0. The van der Waals surface area contributed by atoms with Gasteiger partial charge < -0.3 is 25.6 Å². The summed E-state index contributed by atoms with van der Waals surface area (Å²) in [6, 6.07) is 5.42. The SMILES string of the molecule is COc1ccc(NC(N)=NCC2(CO)CC2)cc1OC.I. The van der Waals surface area contributed by atoms with Crippen molar-refractivity contribution in [2.75, 3.05) is 32.7 Å². The molecule has 1 aliphatic rings. The van der Waals surface area contributed by atoms with Crippen LogP contribution in [-0.4, -0.2) is 38.4 Å². The fraction of sp³-hybridized carbons (Fsp3) is 0.500. The highest BCUT2D eigenvalue weighted by Crippen LogP contribution is 2.45. The van der Waals surface area contributed by atoms with Crippen molar-refractivity contribution < 1.29 is 14.6 Å². The first kappa shape index (κ1) is 17.8. The van der Waals surface area contributed by atoms with Crippen molar-refractivity contribution in [3.05, 3.63) is 18.2 Å². The molecule has 0 atom stereocenters. The fourth-order valence-electron chi connectivity index (χ4n) is 1.90. The number of hydrogen-bond donors (Lipinski definition) is 3. The van der Waals surface area contributed by atoms with Crippen molar-refractivity contribution in [3.63, 3.8) is 0 Å².